The van der Waals surface area contributed by atoms with Crippen molar-refractivity contribution < 1.29 is 19.0 Å². The van der Waals surface area contributed by atoms with E-state index in [0.717, 1.165) is 24.2 Å². The standard InChI is InChI=1S/C20H28O4/c1-5-6-7-9-18(21)19(2,3)20(23-14-8-15-24-20)16-10-12-17(22-4)13-11-16/h5-6,10-13H,7-9,14-15H2,1-4H3. The second-order valence-corrected chi connectivity index (χ2v) is 6.55. The van der Waals surface area contributed by atoms with Gasteiger partial charge in [-0.1, -0.05) is 12.2 Å². The normalized spacial score (nSPS) is 17.8. The highest BCUT2D eigenvalue weighted by atomic mass is 16.7. The molecule has 0 amide bonds. The largest absolute Gasteiger partial charge is 0.497 e. The van der Waals surface area contributed by atoms with Crippen LogP contribution in [0.15, 0.2) is 36.4 Å². The lowest BCUT2D eigenvalue weighted by molar-refractivity contribution is -0.319. The van der Waals surface area contributed by atoms with E-state index in [1.165, 1.54) is 0 Å². The first kappa shape index (κ1) is 18.7. The van der Waals surface area contributed by atoms with Gasteiger partial charge in [0.15, 0.2) is 0 Å². The maximum atomic E-state index is 12.9. The van der Waals surface area contributed by atoms with Gasteiger partial charge in [-0.25, -0.2) is 0 Å². The van der Waals surface area contributed by atoms with Crippen LogP contribution in [-0.2, 0) is 20.1 Å². The van der Waals surface area contributed by atoms with Gasteiger partial charge in [0.1, 0.15) is 11.5 Å². The number of carbonyl (C=O) groups is 1. The SMILES string of the molecule is CC=CCCC(=O)C(C)(C)C1(c2ccc(OC)cc2)OCCCO1. The second kappa shape index (κ2) is 7.95. The third-order valence-electron chi connectivity index (χ3n) is 4.66. The lowest BCUT2D eigenvalue weighted by atomic mass is 9.73. The molecular weight excluding hydrogens is 304 g/mol. The van der Waals surface area contributed by atoms with E-state index in [2.05, 4.69) is 0 Å². The highest BCUT2D eigenvalue weighted by Gasteiger charge is 2.54. The average molecular weight is 332 g/mol. The topological polar surface area (TPSA) is 44.8 Å². The van der Waals surface area contributed by atoms with Gasteiger partial charge in [0, 0.05) is 12.0 Å². The van der Waals surface area contributed by atoms with E-state index in [4.69, 9.17) is 14.2 Å². The highest BCUT2D eigenvalue weighted by molar-refractivity contribution is 5.85. The predicted molar refractivity (Wildman–Crippen MR) is 94.0 cm³/mol. The van der Waals surface area contributed by atoms with Gasteiger partial charge in [-0.05, 0) is 57.9 Å². The summed E-state index contributed by atoms with van der Waals surface area (Å²) in [6.45, 7) is 6.96. The molecule has 4 heteroatoms. The molecular formula is C20H28O4. The fourth-order valence-corrected chi connectivity index (χ4v) is 3.11. The molecule has 1 aliphatic heterocycles. The van der Waals surface area contributed by atoms with Crippen LogP contribution < -0.4 is 4.74 Å². The molecule has 0 spiro atoms. The Morgan fingerprint density at radius 2 is 1.88 bits per heavy atom. The minimum Gasteiger partial charge on any atom is -0.497 e. The lowest BCUT2D eigenvalue weighted by Gasteiger charge is -2.47. The van der Waals surface area contributed by atoms with Crippen LogP contribution in [0, 0.1) is 5.41 Å². The first-order valence-corrected chi connectivity index (χ1v) is 8.55. The van der Waals surface area contributed by atoms with Gasteiger partial charge in [0.25, 0.3) is 0 Å². The van der Waals surface area contributed by atoms with Crippen molar-refractivity contribution in [2.75, 3.05) is 20.3 Å². The number of Topliss-reactive ketones (excluding diaryl/α,β-unsaturated/α-hetero) is 1. The molecule has 132 valence electrons. The summed E-state index contributed by atoms with van der Waals surface area (Å²) >= 11 is 0. The van der Waals surface area contributed by atoms with E-state index in [1.54, 1.807) is 7.11 Å². The molecule has 0 radical (unpaired) electrons. The third kappa shape index (κ3) is 3.55. The summed E-state index contributed by atoms with van der Waals surface area (Å²) < 4.78 is 17.5. The summed E-state index contributed by atoms with van der Waals surface area (Å²) in [6, 6.07) is 7.59. The van der Waals surface area contributed by atoms with Gasteiger partial charge in [-0.2, -0.15) is 0 Å². The first-order chi connectivity index (χ1) is 11.5. The molecule has 1 aromatic carbocycles. The number of benzene rings is 1. The van der Waals surface area contributed by atoms with Crippen LogP contribution in [0.5, 0.6) is 5.75 Å². The molecule has 1 fully saturated rings. The summed E-state index contributed by atoms with van der Waals surface area (Å²) in [6.07, 6.45) is 6.02. The van der Waals surface area contributed by atoms with Crippen molar-refractivity contribution in [3.05, 3.63) is 42.0 Å². The second-order valence-electron chi connectivity index (χ2n) is 6.55. The smallest absolute Gasteiger partial charge is 0.207 e. The quantitative estimate of drug-likeness (QED) is 0.701. The van der Waals surface area contributed by atoms with Crippen LogP contribution in [0.1, 0.15) is 45.6 Å². The van der Waals surface area contributed by atoms with Crippen molar-refractivity contribution >= 4 is 5.78 Å². The zero-order valence-electron chi connectivity index (χ0n) is 15.1. The van der Waals surface area contributed by atoms with Crippen LogP contribution >= 0.6 is 0 Å². The number of ether oxygens (including phenoxy) is 3. The van der Waals surface area contributed by atoms with Crippen molar-refractivity contribution in [3.63, 3.8) is 0 Å². The molecule has 0 aromatic heterocycles. The summed E-state index contributed by atoms with van der Waals surface area (Å²) in [5, 5.41) is 0. The molecule has 4 nitrogen and oxygen atoms in total. The van der Waals surface area contributed by atoms with Gasteiger partial charge < -0.3 is 14.2 Å². The summed E-state index contributed by atoms with van der Waals surface area (Å²) in [4.78, 5) is 12.9. The Hall–Kier alpha value is -1.65. The maximum absolute atomic E-state index is 12.9. The van der Waals surface area contributed by atoms with E-state index in [-0.39, 0.29) is 5.78 Å². The van der Waals surface area contributed by atoms with Gasteiger partial charge in [-0.15, -0.1) is 0 Å². The van der Waals surface area contributed by atoms with Gasteiger partial charge in [-0.3, -0.25) is 4.79 Å². The zero-order chi connectivity index (χ0) is 17.6. The number of methoxy groups -OCH3 is 1. The molecule has 0 bridgehead atoms. The first-order valence-electron chi connectivity index (χ1n) is 8.55. The van der Waals surface area contributed by atoms with Crippen molar-refractivity contribution in [2.45, 2.75) is 45.8 Å². The van der Waals surface area contributed by atoms with E-state index < -0.39 is 11.2 Å². The minimum absolute atomic E-state index is 0.137. The number of rotatable bonds is 7. The lowest BCUT2D eigenvalue weighted by Crippen LogP contribution is -2.53. The highest BCUT2D eigenvalue weighted by Crippen LogP contribution is 2.47. The maximum Gasteiger partial charge on any atom is 0.207 e. The number of hydrogen-bond donors (Lipinski definition) is 0. The molecule has 1 saturated heterocycles. The summed E-state index contributed by atoms with van der Waals surface area (Å²) in [5.74, 6) is -0.148. The monoisotopic (exact) mass is 332 g/mol. The zero-order valence-corrected chi connectivity index (χ0v) is 15.1. The average Bonchev–Trinajstić information content (AvgIpc) is 2.62. The Labute approximate surface area is 144 Å². The Morgan fingerprint density at radius 1 is 1.25 bits per heavy atom. The number of ketones is 1. The van der Waals surface area contributed by atoms with E-state index in [0.29, 0.717) is 19.6 Å². The Morgan fingerprint density at radius 3 is 2.42 bits per heavy atom. The fraction of sp³-hybridized carbons (Fsp3) is 0.550. The Balaban J connectivity index is 2.36. The summed E-state index contributed by atoms with van der Waals surface area (Å²) in [5.41, 5.74) is 0.0660. The van der Waals surface area contributed by atoms with Gasteiger partial charge >= 0.3 is 0 Å². The van der Waals surface area contributed by atoms with Gasteiger partial charge in [0.05, 0.1) is 25.7 Å². The Kier molecular flexibility index (Phi) is 6.19. The summed E-state index contributed by atoms with van der Waals surface area (Å²) in [7, 11) is 1.63. The molecule has 1 heterocycles. The molecule has 24 heavy (non-hydrogen) atoms. The molecule has 2 rings (SSSR count). The molecule has 1 aliphatic rings. The van der Waals surface area contributed by atoms with Crippen molar-refractivity contribution in [1.29, 1.82) is 0 Å². The van der Waals surface area contributed by atoms with Crippen LogP contribution in [0.4, 0.5) is 0 Å². The molecule has 0 N–H and O–H groups in total. The van der Waals surface area contributed by atoms with Crippen LogP contribution in [0.2, 0.25) is 0 Å². The number of allylic oxidation sites excluding steroid dienone is 2. The van der Waals surface area contributed by atoms with E-state index in [1.807, 2.05) is 57.2 Å². The van der Waals surface area contributed by atoms with E-state index >= 15 is 0 Å². The molecule has 1 aromatic rings. The third-order valence-corrected chi connectivity index (χ3v) is 4.66. The minimum atomic E-state index is -1.05. The predicted octanol–water partition coefficient (Wildman–Crippen LogP) is 4.24. The molecule has 0 saturated carbocycles. The fourth-order valence-electron chi connectivity index (χ4n) is 3.11. The van der Waals surface area contributed by atoms with Crippen LogP contribution in [0.25, 0.3) is 0 Å². The van der Waals surface area contributed by atoms with Crippen LogP contribution in [0.3, 0.4) is 0 Å². The van der Waals surface area contributed by atoms with Crippen molar-refractivity contribution in [1.82, 2.24) is 0 Å². The van der Waals surface area contributed by atoms with E-state index in [9.17, 15) is 4.79 Å². The van der Waals surface area contributed by atoms with Crippen LogP contribution in [-0.4, -0.2) is 26.1 Å². The molecule has 0 aliphatic carbocycles. The number of carbonyl (C=O) groups excluding carboxylic acids is 1. The Bertz CT molecular complexity index is 566. The van der Waals surface area contributed by atoms with Crippen molar-refractivity contribution in [3.8, 4) is 5.75 Å². The van der Waals surface area contributed by atoms with Crippen molar-refractivity contribution in [2.24, 2.45) is 5.41 Å². The number of hydrogen-bond acceptors (Lipinski definition) is 4. The molecule has 0 atom stereocenters. The van der Waals surface area contributed by atoms with Gasteiger partial charge in [0.2, 0.25) is 5.79 Å². The molecule has 0 unspecified atom stereocenters.